The molecule has 2 aliphatic rings. The van der Waals surface area contributed by atoms with Gasteiger partial charge in [-0.05, 0) is 31.0 Å². The highest BCUT2D eigenvalue weighted by molar-refractivity contribution is 6.07. The van der Waals surface area contributed by atoms with Gasteiger partial charge in [-0.1, -0.05) is 13.0 Å². The number of ether oxygens (including phenoxy) is 2. The lowest BCUT2D eigenvalue weighted by Crippen LogP contribution is -2.41. The number of fused-ring (bicyclic) bond motifs is 1. The maximum absolute atomic E-state index is 12.6. The van der Waals surface area contributed by atoms with Crippen molar-refractivity contribution in [3.8, 4) is 11.5 Å². The van der Waals surface area contributed by atoms with Crippen molar-refractivity contribution < 1.29 is 19.1 Å². The summed E-state index contributed by atoms with van der Waals surface area (Å²) in [6.07, 6.45) is 0.733. The van der Waals surface area contributed by atoms with Crippen molar-refractivity contribution in [1.29, 1.82) is 0 Å². The Bertz CT molecular complexity index is 601. The molecule has 0 saturated carbocycles. The highest BCUT2D eigenvalue weighted by Gasteiger charge is 2.48. The predicted molar refractivity (Wildman–Crippen MR) is 75.3 cm³/mol. The monoisotopic (exact) mass is 290 g/mol. The number of carbonyl (C=O) groups excluding carboxylic acids is 2. The van der Waals surface area contributed by atoms with Gasteiger partial charge >= 0.3 is 6.03 Å². The first-order chi connectivity index (χ1) is 10.1. The first-order valence-corrected chi connectivity index (χ1v) is 7.10. The van der Waals surface area contributed by atoms with E-state index in [0.717, 1.165) is 6.42 Å². The molecule has 6 nitrogen and oxygen atoms in total. The van der Waals surface area contributed by atoms with E-state index in [0.29, 0.717) is 36.8 Å². The number of imide groups is 1. The van der Waals surface area contributed by atoms with E-state index >= 15 is 0 Å². The van der Waals surface area contributed by atoms with Crippen molar-refractivity contribution in [2.45, 2.75) is 25.8 Å². The van der Waals surface area contributed by atoms with E-state index in [-0.39, 0.29) is 11.9 Å². The van der Waals surface area contributed by atoms with E-state index < -0.39 is 5.54 Å². The van der Waals surface area contributed by atoms with Gasteiger partial charge in [-0.25, -0.2) is 4.79 Å². The Kier molecular flexibility index (Phi) is 3.23. The maximum atomic E-state index is 12.6. The van der Waals surface area contributed by atoms with Crippen molar-refractivity contribution >= 4 is 11.9 Å². The molecule has 1 saturated heterocycles. The summed E-state index contributed by atoms with van der Waals surface area (Å²) in [4.78, 5) is 25.8. The summed E-state index contributed by atoms with van der Waals surface area (Å²) in [5, 5.41) is 2.78. The fraction of sp³-hybridized carbons (Fsp3) is 0.467. The van der Waals surface area contributed by atoms with E-state index in [9.17, 15) is 9.59 Å². The fourth-order valence-corrected chi connectivity index (χ4v) is 2.67. The molecule has 3 rings (SSSR count). The van der Waals surface area contributed by atoms with Gasteiger partial charge in [-0.15, -0.1) is 0 Å². The molecular formula is C15H18N2O4. The third-order valence-electron chi connectivity index (χ3n) is 3.84. The van der Waals surface area contributed by atoms with E-state index in [1.807, 2.05) is 6.92 Å². The largest absolute Gasteiger partial charge is 0.486 e. The minimum Gasteiger partial charge on any atom is -0.486 e. The first-order valence-electron chi connectivity index (χ1n) is 7.10. The Labute approximate surface area is 123 Å². The third kappa shape index (κ3) is 2.11. The Hall–Kier alpha value is -2.24. The molecular weight excluding hydrogens is 272 g/mol. The molecule has 21 heavy (non-hydrogen) atoms. The Morgan fingerprint density at radius 2 is 1.95 bits per heavy atom. The van der Waals surface area contributed by atoms with Crippen molar-refractivity contribution in [3.63, 3.8) is 0 Å². The fourth-order valence-electron chi connectivity index (χ4n) is 2.67. The first kappa shape index (κ1) is 13.7. The summed E-state index contributed by atoms with van der Waals surface area (Å²) in [5.74, 6) is 1.04. The molecule has 0 aromatic heterocycles. The summed E-state index contributed by atoms with van der Waals surface area (Å²) in [6, 6.07) is 4.99. The summed E-state index contributed by atoms with van der Waals surface area (Å²) in [5.41, 5.74) is -0.356. The molecule has 0 aliphatic carbocycles. The molecule has 0 bridgehead atoms. The molecule has 3 amide bonds. The molecule has 0 unspecified atom stereocenters. The lowest BCUT2D eigenvalue weighted by atomic mass is 9.91. The third-order valence-corrected chi connectivity index (χ3v) is 3.84. The number of hydrogen-bond acceptors (Lipinski definition) is 4. The molecule has 1 aromatic carbocycles. The van der Waals surface area contributed by atoms with Gasteiger partial charge in [0, 0.05) is 6.54 Å². The number of rotatable bonds is 3. The van der Waals surface area contributed by atoms with Gasteiger partial charge in [-0.3, -0.25) is 9.69 Å². The van der Waals surface area contributed by atoms with Crippen LogP contribution < -0.4 is 14.8 Å². The quantitative estimate of drug-likeness (QED) is 0.859. The van der Waals surface area contributed by atoms with Gasteiger partial charge in [-0.2, -0.15) is 0 Å². The van der Waals surface area contributed by atoms with Crippen LogP contribution in [0.15, 0.2) is 18.2 Å². The number of amides is 3. The minimum absolute atomic E-state index is 0.231. The molecule has 2 heterocycles. The van der Waals surface area contributed by atoms with Gasteiger partial charge in [0.2, 0.25) is 0 Å². The van der Waals surface area contributed by atoms with E-state index in [1.54, 1.807) is 25.1 Å². The second-order valence-electron chi connectivity index (χ2n) is 5.37. The van der Waals surface area contributed by atoms with Crippen molar-refractivity contribution in [2.75, 3.05) is 19.8 Å². The summed E-state index contributed by atoms with van der Waals surface area (Å²) in [7, 11) is 0. The highest BCUT2D eigenvalue weighted by Crippen LogP contribution is 2.36. The van der Waals surface area contributed by atoms with Crippen LogP contribution in [0.25, 0.3) is 0 Å². The number of hydrogen-bond donors (Lipinski definition) is 1. The van der Waals surface area contributed by atoms with E-state index in [4.69, 9.17) is 9.47 Å². The number of nitrogens with one attached hydrogen (secondary N) is 1. The zero-order valence-electron chi connectivity index (χ0n) is 12.1. The van der Waals surface area contributed by atoms with Crippen LogP contribution in [0.4, 0.5) is 4.79 Å². The number of urea groups is 1. The molecule has 0 spiro atoms. The average molecular weight is 290 g/mol. The lowest BCUT2D eigenvalue weighted by molar-refractivity contribution is -0.131. The Morgan fingerprint density at radius 3 is 2.67 bits per heavy atom. The van der Waals surface area contributed by atoms with Crippen LogP contribution in [0.2, 0.25) is 0 Å². The van der Waals surface area contributed by atoms with Crippen molar-refractivity contribution in [1.82, 2.24) is 10.2 Å². The normalized spacial score (nSPS) is 24.2. The number of benzene rings is 1. The van der Waals surface area contributed by atoms with Crippen LogP contribution >= 0.6 is 0 Å². The van der Waals surface area contributed by atoms with Gasteiger partial charge in [0.1, 0.15) is 18.8 Å². The Morgan fingerprint density at radius 1 is 1.24 bits per heavy atom. The van der Waals surface area contributed by atoms with Gasteiger partial charge in [0.05, 0.1) is 0 Å². The van der Waals surface area contributed by atoms with Gasteiger partial charge in [0.25, 0.3) is 5.91 Å². The van der Waals surface area contributed by atoms with E-state index in [2.05, 4.69) is 5.32 Å². The smallest absolute Gasteiger partial charge is 0.325 e. The van der Waals surface area contributed by atoms with Crippen LogP contribution in [0, 0.1) is 0 Å². The SMILES string of the molecule is CCCN1C(=O)N[C@](C)(c2ccc3c(c2)OCCO3)C1=O. The number of nitrogens with zero attached hydrogens (tertiary/aromatic N) is 1. The summed E-state index contributed by atoms with van der Waals surface area (Å²) >= 11 is 0. The topological polar surface area (TPSA) is 67.9 Å². The Balaban J connectivity index is 1.96. The minimum atomic E-state index is -1.05. The summed E-state index contributed by atoms with van der Waals surface area (Å²) < 4.78 is 11.0. The maximum Gasteiger partial charge on any atom is 0.325 e. The predicted octanol–water partition coefficient (Wildman–Crippen LogP) is 1.63. The molecule has 6 heteroatoms. The molecule has 1 fully saturated rings. The average Bonchev–Trinajstić information content (AvgIpc) is 2.71. The molecule has 2 aliphatic heterocycles. The van der Waals surface area contributed by atoms with E-state index in [1.165, 1.54) is 4.90 Å². The van der Waals surface area contributed by atoms with Crippen LogP contribution in [0.3, 0.4) is 0 Å². The lowest BCUT2D eigenvalue weighted by Gasteiger charge is -2.25. The zero-order chi connectivity index (χ0) is 15.0. The van der Waals surface area contributed by atoms with Crippen LogP contribution in [0.5, 0.6) is 11.5 Å². The number of carbonyl (C=O) groups is 2. The zero-order valence-corrected chi connectivity index (χ0v) is 12.1. The van der Waals surface area contributed by atoms with Crippen molar-refractivity contribution in [3.05, 3.63) is 23.8 Å². The van der Waals surface area contributed by atoms with Crippen LogP contribution in [-0.4, -0.2) is 36.6 Å². The second-order valence-corrected chi connectivity index (χ2v) is 5.37. The summed E-state index contributed by atoms with van der Waals surface area (Å²) in [6.45, 7) is 5.07. The second kappa shape index (κ2) is 4.95. The molecule has 1 aromatic rings. The van der Waals surface area contributed by atoms with Gasteiger partial charge < -0.3 is 14.8 Å². The molecule has 112 valence electrons. The standard InChI is InChI=1S/C15H18N2O4/c1-3-6-17-13(18)15(2,16-14(17)19)10-4-5-11-12(9-10)21-8-7-20-11/h4-5,9H,3,6-8H2,1-2H3,(H,16,19)/t15-/m1/s1. The highest BCUT2D eigenvalue weighted by atomic mass is 16.6. The molecule has 0 radical (unpaired) electrons. The molecule has 1 atom stereocenters. The van der Waals surface area contributed by atoms with Crippen molar-refractivity contribution in [2.24, 2.45) is 0 Å². The van der Waals surface area contributed by atoms with Gasteiger partial charge in [0.15, 0.2) is 11.5 Å². The van der Waals surface area contributed by atoms with Crippen LogP contribution in [0.1, 0.15) is 25.8 Å². The molecule has 1 N–H and O–H groups in total. The van der Waals surface area contributed by atoms with Crippen LogP contribution in [-0.2, 0) is 10.3 Å².